The smallest absolute Gasteiger partial charge is 0.297 e. The van der Waals surface area contributed by atoms with Crippen molar-refractivity contribution in [3.05, 3.63) is 157 Å². The lowest BCUT2D eigenvalue weighted by Gasteiger charge is -2.37. The lowest BCUT2D eigenvalue weighted by Crippen LogP contribution is -2.59. The summed E-state index contributed by atoms with van der Waals surface area (Å²) in [5, 5.41) is 6.21. The molecular weight excluding hydrogens is 645 g/mol. The van der Waals surface area contributed by atoms with E-state index >= 15 is 0 Å². The summed E-state index contributed by atoms with van der Waals surface area (Å²) in [6.07, 6.45) is 0. The van der Waals surface area contributed by atoms with Gasteiger partial charge in [0, 0.05) is 55.2 Å². The van der Waals surface area contributed by atoms with Crippen LogP contribution in [0.5, 0.6) is 0 Å². The highest BCUT2D eigenvalue weighted by molar-refractivity contribution is 7.00. The molecule has 0 N–H and O–H groups in total. The van der Waals surface area contributed by atoms with Gasteiger partial charge in [0.25, 0.3) is 6.71 Å². The van der Waals surface area contributed by atoms with E-state index in [1.54, 1.807) is 0 Å². The van der Waals surface area contributed by atoms with Gasteiger partial charge in [-0.2, -0.15) is 0 Å². The molecule has 7 aromatic carbocycles. The number of hydrogen-bond acceptors (Lipinski definition) is 2. The number of benzene rings is 7. The van der Waals surface area contributed by atoms with E-state index in [0.717, 1.165) is 33.7 Å². The third-order valence-electron chi connectivity index (χ3n) is 11.8. The molecule has 53 heavy (non-hydrogen) atoms. The third-order valence-corrected chi connectivity index (χ3v) is 11.8. The summed E-state index contributed by atoms with van der Waals surface area (Å²) < 4.78 is 12.0. The van der Waals surface area contributed by atoms with E-state index < -0.39 is 0 Å². The fraction of sp³-hybridized carbons (Fsp3) is 0.0833. The largest absolute Gasteiger partial charge is 0.468 e. The number of anilines is 3. The molecule has 0 bridgehead atoms. The van der Waals surface area contributed by atoms with Gasteiger partial charge in [-0.05, 0) is 88.6 Å². The summed E-state index contributed by atoms with van der Waals surface area (Å²) in [5.74, 6) is 0. The Morgan fingerprint density at radius 3 is 2.00 bits per heavy atom. The zero-order chi connectivity index (χ0) is 35.2. The Morgan fingerprint density at radius 1 is 0.509 bits per heavy atom. The standard InChI is InChI=1S/C48H34BN3O/c1-48(2,3)29-24-25-43-36(26-29)46-47(53-43)49-37-20-12-19-33-35-27-34-32-18-10-11-21-38(32)50(30-14-6-4-7-15-30)41(34)28-42(35)52(45(33)37)40-23-13-22-39(44(40)49)51(46)31-16-8-5-9-17-31/h4-28H,1-3H3. The topological polar surface area (TPSA) is 26.2 Å². The molecule has 0 atom stereocenters. The van der Waals surface area contributed by atoms with Crippen molar-refractivity contribution in [2.75, 3.05) is 4.90 Å². The Hall–Kier alpha value is -6.46. The van der Waals surface area contributed by atoms with Crippen LogP contribution >= 0.6 is 0 Å². The van der Waals surface area contributed by atoms with Crippen molar-refractivity contribution in [2.45, 2.75) is 26.2 Å². The molecule has 2 aliphatic heterocycles. The van der Waals surface area contributed by atoms with Crippen LogP contribution in [0.4, 0.5) is 17.1 Å². The van der Waals surface area contributed by atoms with Gasteiger partial charge in [-0.1, -0.05) is 106 Å². The average Bonchev–Trinajstić information content (AvgIpc) is 3.84. The van der Waals surface area contributed by atoms with Crippen LogP contribution in [0.25, 0.3) is 66.0 Å². The predicted octanol–water partition coefficient (Wildman–Crippen LogP) is 10.5. The highest BCUT2D eigenvalue weighted by Gasteiger charge is 2.45. The molecule has 0 amide bonds. The minimum Gasteiger partial charge on any atom is -0.468 e. The second-order valence-electron chi connectivity index (χ2n) is 15.7. The van der Waals surface area contributed by atoms with Gasteiger partial charge >= 0.3 is 0 Å². The molecule has 2 aliphatic rings. The van der Waals surface area contributed by atoms with Crippen LogP contribution in [0.15, 0.2) is 156 Å². The minimum absolute atomic E-state index is 0.00389. The van der Waals surface area contributed by atoms with E-state index in [0.29, 0.717) is 0 Å². The highest BCUT2D eigenvalue weighted by atomic mass is 16.3. The number of furan rings is 1. The molecular formula is C48H34BN3O. The van der Waals surface area contributed by atoms with E-state index in [9.17, 15) is 0 Å². The molecule has 5 heterocycles. The summed E-state index contributed by atoms with van der Waals surface area (Å²) in [5.41, 5.74) is 16.5. The molecule has 0 saturated carbocycles. The van der Waals surface area contributed by atoms with Crippen LogP contribution in [0.2, 0.25) is 0 Å². The van der Waals surface area contributed by atoms with Gasteiger partial charge in [0.15, 0.2) is 0 Å². The van der Waals surface area contributed by atoms with Gasteiger partial charge in [-0.3, -0.25) is 0 Å². The van der Waals surface area contributed by atoms with Crippen LogP contribution in [0, 0.1) is 0 Å². The van der Waals surface area contributed by atoms with Gasteiger partial charge < -0.3 is 18.5 Å². The molecule has 3 aromatic heterocycles. The molecule has 4 nitrogen and oxygen atoms in total. The first-order chi connectivity index (χ1) is 26.0. The minimum atomic E-state index is -0.0597. The molecule has 5 heteroatoms. The normalized spacial score (nSPS) is 13.5. The van der Waals surface area contributed by atoms with Crippen molar-refractivity contribution >= 4 is 94.9 Å². The maximum atomic E-state index is 7.09. The second kappa shape index (κ2) is 10.1. The van der Waals surface area contributed by atoms with E-state index in [1.165, 1.54) is 71.5 Å². The van der Waals surface area contributed by atoms with E-state index in [2.05, 4.69) is 186 Å². The number of nitrogens with zero attached hydrogens (tertiary/aromatic N) is 3. The average molecular weight is 680 g/mol. The summed E-state index contributed by atoms with van der Waals surface area (Å²) in [4.78, 5) is 2.45. The van der Waals surface area contributed by atoms with Gasteiger partial charge in [0.1, 0.15) is 5.58 Å². The lowest BCUT2D eigenvalue weighted by atomic mass is 9.36. The van der Waals surface area contributed by atoms with Crippen molar-refractivity contribution in [3.8, 4) is 11.4 Å². The van der Waals surface area contributed by atoms with Gasteiger partial charge in [0.2, 0.25) is 0 Å². The van der Waals surface area contributed by atoms with E-state index in [1.807, 2.05) is 0 Å². The molecule has 0 aliphatic carbocycles. The van der Waals surface area contributed by atoms with E-state index in [-0.39, 0.29) is 12.1 Å². The molecule has 0 radical (unpaired) electrons. The predicted molar refractivity (Wildman–Crippen MR) is 223 cm³/mol. The number of para-hydroxylation sites is 4. The van der Waals surface area contributed by atoms with Gasteiger partial charge in [-0.15, -0.1) is 0 Å². The Kier molecular flexibility index (Phi) is 5.56. The SMILES string of the molecule is CC(C)(C)c1ccc2oc3c(c2c1)N(c1ccccc1)c1cccc2c1B3c1cccc3c4cc5c6ccccc6n(-c6ccccc6)c5cc4n-2c13. The fourth-order valence-electron chi connectivity index (χ4n) is 9.51. The van der Waals surface area contributed by atoms with Crippen molar-refractivity contribution in [1.82, 2.24) is 9.13 Å². The molecule has 0 fully saturated rings. The molecule has 0 spiro atoms. The van der Waals surface area contributed by atoms with Crippen LogP contribution in [0.1, 0.15) is 26.3 Å². The maximum Gasteiger partial charge on any atom is 0.297 e. The Labute approximate surface area is 307 Å². The molecule has 0 saturated heterocycles. The van der Waals surface area contributed by atoms with Crippen molar-refractivity contribution < 1.29 is 4.42 Å². The fourth-order valence-corrected chi connectivity index (χ4v) is 9.51. The quantitative estimate of drug-likeness (QED) is 0.170. The Balaban J connectivity index is 1.23. The van der Waals surface area contributed by atoms with Crippen LogP contribution < -0.4 is 21.5 Å². The monoisotopic (exact) mass is 679 g/mol. The first-order valence-electron chi connectivity index (χ1n) is 18.6. The summed E-state index contributed by atoms with van der Waals surface area (Å²) in [6.45, 7) is 6.79. The maximum absolute atomic E-state index is 7.09. The zero-order valence-corrected chi connectivity index (χ0v) is 29.8. The second-order valence-corrected chi connectivity index (χ2v) is 15.7. The van der Waals surface area contributed by atoms with Crippen molar-refractivity contribution in [2.24, 2.45) is 0 Å². The summed E-state index contributed by atoms with van der Waals surface area (Å²) in [7, 11) is 0. The summed E-state index contributed by atoms with van der Waals surface area (Å²) in [6, 6.07) is 55.7. The van der Waals surface area contributed by atoms with Crippen molar-refractivity contribution in [1.29, 1.82) is 0 Å². The molecule has 12 rings (SSSR count). The van der Waals surface area contributed by atoms with Crippen molar-refractivity contribution in [3.63, 3.8) is 0 Å². The van der Waals surface area contributed by atoms with Gasteiger partial charge in [0.05, 0.1) is 27.9 Å². The van der Waals surface area contributed by atoms with Crippen LogP contribution in [-0.4, -0.2) is 15.8 Å². The first kappa shape index (κ1) is 29.2. The molecule has 0 unspecified atom stereocenters. The molecule has 250 valence electrons. The lowest BCUT2D eigenvalue weighted by molar-refractivity contribution is 0.590. The van der Waals surface area contributed by atoms with Gasteiger partial charge in [-0.25, -0.2) is 0 Å². The Bertz CT molecular complexity index is 3160. The third kappa shape index (κ3) is 3.76. The summed E-state index contributed by atoms with van der Waals surface area (Å²) >= 11 is 0. The number of aromatic nitrogens is 2. The molecule has 10 aromatic rings. The van der Waals surface area contributed by atoms with E-state index in [4.69, 9.17) is 4.42 Å². The number of rotatable bonds is 2. The van der Waals surface area contributed by atoms with Crippen LogP contribution in [0.3, 0.4) is 0 Å². The number of hydrogen-bond donors (Lipinski definition) is 0. The Morgan fingerprint density at radius 2 is 1.19 bits per heavy atom. The highest BCUT2D eigenvalue weighted by Crippen LogP contribution is 2.46. The van der Waals surface area contributed by atoms with Crippen LogP contribution in [-0.2, 0) is 5.41 Å². The zero-order valence-electron chi connectivity index (χ0n) is 29.8. The first-order valence-corrected chi connectivity index (χ1v) is 18.6. The number of fused-ring (bicyclic) bond motifs is 12.